The van der Waals surface area contributed by atoms with E-state index < -0.39 is 105 Å². The first-order valence-corrected chi connectivity index (χ1v) is 21.1. The van der Waals surface area contributed by atoms with Gasteiger partial charge in [0.05, 0.1) is 41.9 Å². The van der Waals surface area contributed by atoms with Gasteiger partial charge in [0.2, 0.25) is 17.7 Å². The highest BCUT2D eigenvalue weighted by molar-refractivity contribution is 7.81. The van der Waals surface area contributed by atoms with Crippen molar-refractivity contribution in [2.24, 2.45) is 5.41 Å². The maximum Gasteiger partial charge on any atom is 0.420 e. The number of likely N-dealkylation sites (tertiary alicyclic amines) is 1. The normalized spacial score (nSPS) is 17.6. The molecule has 0 spiro atoms. The number of hydrogen-bond donors (Lipinski definition) is 3. The van der Waals surface area contributed by atoms with Crippen LogP contribution in [0.3, 0.4) is 0 Å². The number of ether oxygens (including phenoxy) is 2. The molecule has 14 nitrogen and oxygen atoms in total. The molecule has 67 heavy (non-hydrogen) atoms. The van der Waals surface area contributed by atoms with E-state index in [0.29, 0.717) is 11.0 Å². The summed E-state index contributed by atoms with van der Waals surface area (Å²) in [5.41, 5.74) is -5.91. The number of amides is 4. The van der Waals surface area contributed by atoms with Crippen molar-refractivity contribution in [3.63, 3.8) is 0 Å². The molecular weight excluding hydrogens is 909 g/mol. The van der Waals surface area contributed by atoms with Crippen molar-refractivity contribution in [1.82, 2.24) is 20.5 Å². The fourth-order valence-electron chi connectivity index (χ4n) is 7.68. The number of aromatic nitrogens is 1. The van der Waals surface area contributed by atoms with Gasteiger partial charge in [-0.25, -0.2) is 13.2 Å². The Hall–Kier alpha value is -6.63. The Morgan fingerprint density at radius 3 is 2.34 bits per heavy atom. The maximum atomic E-state index is 15.7. The third kappa shape index (κ3) is 10.7. The second kappa shape index (κ2) is 19.7. The lowest BCUT2D eigenvalue weighted by Gasteiger charge is -2.35. The Morgan fingerprint density at radius 1 is 1.01 bits per heavy atom. The van der Waals surface area contributed by atoms with Crippen LogP contribution in [-0.4, -0.2) is 93.8 Å². The van der Waals surface area contributed by atoms with Crippen LogP contribution in [0.4, 0.5) is 37.7 Å². The van der Waals surface area contributed by atoms with Gasteiger partial charge in [0, 0.05) is 31.1 Å². The molecule has 3 N–H and O–H groups in total. The van der Waals surface area contributed by atoms with E-state index in [1.54, 1.807) is 20.8 Å². The summed E-state index contributed by atoms with van der Waals surface area (Å²) in [5.74, 6) is -6.70. The zero-order valence-electron chi connectivity index (χ0n) is 36.7. The zero-order chi connectivity index (χ0) is 49.2. The van der Waals surface area contributed by atoms with E-state index in [2.05, 4.69) is 15.6 Å². The minimum absolute atomic E-state index is 0.0267. The molecule has 0 aliphatic carbocycles. The first-order chi connectivity index (χ1) is 31.4. The van der Waals surface area contributed by atoms with Crippen molar-refractivity contribution < 1.29 is 60.1 Å². The number of nitrogens with zero attached hydrogens (tertiary/aromatic N) is 5. The number of nitriles is 1. The molecule has 3 atom stereocenters. The number of aliphatic hydroxyl groups is 1. The second-order valence-corrected chi connectivity index (χ2v) is 17.6. The summed E-state index contributed by atoms with van der Waals surface area (Å²) in [4.78, 5) is 60.5. The third-order valence-corrected chi connectivity index (χ3v) is 11.4. The summed E-state index contributed by atoms with van der Waals surface area (Å²) in [5, 5.41) is 24.5. The number of benzene rings is 3. The maximum absolute atomic E-state index is 15.7. The second-order valence-electron chi connectivity index (χ2n) is 17.3. The van der Waals surface area contributed by atoms with Crippen molar-refractivity contribution in [2.45, 2.75) is 77.5 Å². The van der Waals surface area contributed by atoms with Gasteiger partial charge >= 0.3 is 6.18 Å². The van der Waals surface area contributed by atoms with E-state index in [1.807, 2.05) is 30.3 Å². The Kier molecular flexibility index (Phi) is 14.6. The van der Waals surface area contributed by atoms with Crippen LogP contribution in [-0.2, 0) is 36.6 Å². The first kappa shape index (κ1) is 49.8. The lowest BCUT2D eigenvalue weighted by molar-refractivity contribution is -0.144. The highest BCUT2D eigenvalue weighted by atomic mass is 32.1. The summed E-state index contributed by atoms with van der Waals surface area (Å²) in [6.45, 7) is 7.04. The summed E-state index contributed by atoms with van der Waals surface area (Å²) in [6.07, 6.45) is -5.11. The van der Waals surface area contributed by atoms with Gasteiger partial charge < -0.3 is 35.0 Å². The molecule has 2 aliphatic heterocycles. The molecule has 4 aromatic rings. The highest BCUT2D eigenvalue weighted by Crippen LogP contribution is 2.42. The minimum atomic E-state index is -5.28. The molecule has 3 heterocycles. The number of hydrogen-bond acceptors (Lipinski definition) is 10. The number of alkyl halides is 3. The van der Waals surface area contributed by atoms with E-state index in [-0.39, 0.29) is 55.4 Å². The van der Waals surface area contributed by atoms with Gasteiger partial charge in [0.1, 0.15) is 42.1 Å². The first-order valence-electron chi connectivity index (χ1n) is 20.7. The molecule has 1 aromatic heterocycles. The van der Waals surface area contributed by atoms with Crippen LogP contribution < -0.4 is 25.2 Å². The van der Waals surface area contributed by atoms with Gasteiger partial charge in [-0.1, -0.05) is 51.1 Å². The highest BCUT2D eigenvalue weighted by Gasteiger charge is 2.52. The molecule has 0 saturated carbocycles. The lowest BCUT2D eigenvalue weighted by atomic mass is 9.85. The standard InChI is InChI=1S/C46H45F6N7O7S/c1-44(2,3)39(41(63)57-23-29(60)19-33(57)40(62)55-21-25-9-7-6-8-10-25)56-35(61)24-65-15-16-66-34-14-12-26(17-30(34)47)38-31(48)18-28(22-54-38)59-43(67)58(42(64)45(59,4)5)32-13-11-27(20-53)36(37(32)49)46(50,51)52/h6-14,17-18,22,29,33,39,60H,15-16,19,21,23-24H2,1-5H3,(H,55,62)(H,56,61)/t29-,33+,39-/m1/s1. The van der Waals surface area contributed by atoms with Gasteiger partial charge in [-0.15, -0.1) is 0 Å². The van der Waals surface area contributed by atoms with Crippen LogP contribution in [0.2, 0.25) is 0 Å². The molecule has 3 aromatic carbocycles. The van der Waals surface area contributed by atoms with Crippen molar-refractivity contribution in [3.05, 3.63) is 107 Å². The smallest absolute Gasteiger partial charge is 0.420 e. The molecule has 0 bridgehead atoms. The topological polar surface area (TPSA) is 177 Å². The van der Waals surface area contributed by atoms with E-state index in [1.165, 1.54) is 36.9 Å². The van der Waals surface area contributed by atoms with E-state index in [0.717, 1.165) is 34.9 Å². The number of aliphatic hydroxyl groups excluding tert-OH is 1. The van der Waals surface area contributed by atoms with Gasteiger partial charge in [-0.2, -0.15) is 18.4 Å². The molecular formula is C46H45F6N7O7S. The van der Waals surface area contributed by atoms with Crippen LogP contribution in [0, 0.1) is 34.2 Å². The molecule has 0 radical (unpaired) electrons. The van der Waals surface area contributed by atoms with Crippen molar-refractivity contribution in [3.8, 4) is 23.1 Å². The third-order valence-electron chi connectivity index (χ3n) is 11.0. The van der Waals surface area contributed by atoms with Crippen molar-refractivity contribution >= 4 is 52.3 Å². The van der Waals surface area contributed by atoms with Crippen LogP contribution in [0.15, 0.2) is 72.9 Å². The quantitative estimate of drug-likeness (QED) is 0.0748. The number of carbonyl (C=O) groups excluding carboxylic acids is 4. The molecule has 0 unspecified atom stereocenters. The van der Waals surface area contributed by atoms with Crippen molar-refractivity contribution in [1.29, 1.82) is 5.26 Å². The van der Waals surface area contributed by atoms with Gasteiger partial charge in [-0.3, -0.25) is 29.1 Å². The summed E-state index contributed by atoms with van der Waals surface area (Å²) in [6, 6.07) is 14.3. The predicted molar refractivity (Wildman–Crippen MR) is 234 cm³/mol. The summed E-state index contributed by atoms with van der Waals surface area (Å²) >= 11 is 5.41. The molecule has 4 amide bonds. The largest absolute Gasteiger partial charge is 0.488 e. The van der Waals surface area contributed by atoms with Gasteiger partial charge in [0.25, 0.3) is 5.91 Å². The number of halogens is 6. The molecule has 2 aliphatic rings. The number of anilines is 2. The molecule has 21 heteroatoms. The van der Waals surface area contributed by atoms with E-state index in [9.17, 15) is 37.5 Å². The number of nitrogens with one attached hydrogen (secondary N) is 2. The number of carbonyl (C=O) groups is 4. The minimum Gasteiger partial charge on any atom is -0.488 e. The number of β-amino-alcohol motifs (C(OH)–C–C–N with tert-alkyl or cyclic N) is 1. The monoisotopic (exact) mass is 953 g/mol. The summed E-state index contributed by atoms with van der Waals surface area (Å²) in [7, 11) is 0. The average molecular weight is 954 g/mol. The molecule has 6 rings (SSSR count). The van der Waals surface area contributed by atoms with E-state index >= 15 is 13.2 Å². The zero-order valence-corrected chi connectivity index (χ0v) is 37.5. The fourth-order valence-corrected chi connectivity index (χ4v) is 8.19. The average Bonchev–Trinajstić information content (AvgIpc) is 3.73. The number of pyridine rings is 1. The molecule has 2 fully saturated rings. The van der Waals surface area contributed by atoms with Gasteiger partial charge in [-0.05, 0) is 67.4 Å². The number of rotatable bonds is 14. The van der Waals surface area contributed by atoms with Crippen LogP contribution in [0.25, 0.3) is 11.3 Å². The molecule has 2 saturated heterocycles. The predicted octanol–water partition coefficient (Wildman–Crippen LogP) is 6.18. The summed E-state index contributed by atoms with van der Waals surface area (Å²) < 4.78 is 98.5. The number of thiocarbonyl (C=S) groups is 1. The van der Waals surface area contributed by atoms with Crippen LogP contribution >= 0.6 is 12.2 Å². The van der Waals surface area contributed by atoms with Crippen molar-refractivity contribution in [2.75, 3.05) is 36.2 Å². The Morgan fingerprint density at radius 2 is 1.72 bits per heavy atom. The van der Waals surface area contributed by atoms with Crippen LogP contribution in [0.5, 0.6) is 5.75 Å². The Balaban J connectivity index is 1.04. The lowest BCUT2D eigenvalue weighted by Crippen LogP contribution is -2.58. The fraction of sp³-hybridized carbons (Fsp3) is 0.370. The van der Waals surface area contributed by atoms with E-state index in [4.69, 9.17) is 27.0 Å². The molecule has 354 valence electrons. The van der Waals surface area contributed by atoms with Gasteiger partial charge in [0.15, 0.2) is 28.3 Å². The Labute approximate surface area is 386 Å². The Bertz CT molecular complexity index is 2620. The SMILES string of the molecule is CC(C)(C)[C@H](NC(=O)COCCOc1ccc(-c2ncc(N3C(=S)N(c4ccc(C#N)c(C(F)(F)F)c4F)C(=O)C3(C)C)cc2F)cc1F)C(=O)N1C[C@H](O)C[C@H]1C(=O)NCc1ccccc1. The van der Waals surface area contributed by atoms with Crippen LogP contribution in [0.1, 0.15) is 57.7 Å².